The molecule has 0 unspecified atom stereocenters. The van der Waals surface area contributed by atoms with Crippen LogP contribution in [0.3, 0.4) is 0 Å². The normalized spacial score (nSPS) is 11.8. The number of benzene rings is 1. The van der Waals surface area contributed by atoms with Crippen LogP contribution in [0.4, 0.5) is 10.1 Å². The van der Waals surface area contributed by atoms with Crippen LogP contribution in [0, 0.1) is 5.82 Å². The second kappa shape index (κ2) is 8.55. The first-order chi connectivity index (χ1) is 15.1. The zero-order valence-corrected chi connectivity index (χ0v) is 19.2. The minimum atomic E-state index is -3.77. The van der Waals surface area contributed by atoms with E-state index in [0.717, 1.165) is 15.9 Å². The molecular formula is C21H16ClFN4O3S2. The maximum atomic E-state index is 13.1. The topological polar surface area (TPSA) is 92.3 Å². The van der Waals surface area contributed by atoms with Crippen molar-refractivity contribution in [3.05, 3.63) is 70.6 Å². The van der Waals surface area contributed by atoms with Gasteiger partial charge in [-0.2, -0.15) is 0 Å². The van der Waals surface area contributed by atoms with Crippen molar-refractivity contribution in [2.45, 2.75) is 4.90 Å². The molecule has 4 rings (SSSR count). The molecule has 0 saturated heterocycles. The quantitative estimate of drug-likeness (QED) is 0.439. The molecule has 1 amide bonds. The van der Waals surface area contributed by atoms with Gasteiger partial charge in [-0.25, -0.2) is 22.1 Å². The number of thiophene rings is 1. The van der Waals surface area contributed by atoms with E-state index < -0.39 is 21.7 Å². The maximum Gasteiger partial charge on any atom is 0.265 e. The van der Waals surface area contributed by atoms with Gasteiger partial charge in [0.15, 0.2) is 0 Å². The van der Waals surface area contributed by atoms with Gasteiger partial charge in [0.05, 0.1) is 21.8 Å². The molecular weight excluding hydrogens is 475 g/mol. The maximum absolute atomic E-state index is 13.1. The molecule has 0 aliphatic heterocycles. The van der Waals surface area contributed by atoms with Gasteiger partial charge < -0.3 is 5.32 Å². The molecule has 4 aromatic rings. The van der Waals surface area contributed by atoms with Crippen molar-refractivity contribution in [3.63, 3.8) is 0 Å². The molecule has 3 heterocycles. The van der Waals surface area contributed by atoms with Crippen molar-refractivity contribution in [1.82, 2.24) is 14.3 Å². The first-order valence-electron chi connectivity index (χ1n) is 9.20. The molecule has 32 heavy (non-hydrogen) atoms. The fourth-order valence-corrected chi connectivity index (χ4v) is 5.17. The van der Waals surface area contributed by atoms with Crippen LogP contribution in [-0.4, -0.2) is 42.7 Å². The van der Waals surface area contributed by atoms with Gasteiger partial charge in [0.1, 0.15) is 15.5 Å². The number of nitrogens with zero attached hydrogens (tertiary/aromatic N) is 3. The van der Waals surface area contributed by atoms with E-state index >= 15 is 0 Å². The summed E-state index contributed by atoms with van der Waals surface area (Å²) in [6.45, 7) is 0. The molecule has 3 aromatic heterocycles. The number of nitrogens with one attached hydrogen (secondary N) is 1. The Bertz CT molecular complexity index is 1440. The molecule has 0 fully saturated rings. The average molecular weight is 491 g/mol. The van der Waals surface area contributed by atoms with E-state index in [-0.39, 0.29) is 9.92 Å². The van der Waals surface area contributed by atoms with Crippen LogP contribution in [0.2, 0.25) is 5.02 Å². The lowest BCUT2D eigenvalue weighted by atomic mass is 10.1. The molecule has 0 bridgehead atoms. The lowest BCUT2D eigenvalue weighted by molar-refractivity contribution is 0.103. The van der Waals surface area contributed by atoms with E-state index in [1.165, 1.54) is 49.7 Å². The Morgan fingerprint density at radius 2 is 1.88 bits per heavy atom. The molecule has 0 aliphatic rings. The van der Waals surface area contributed by atoms with E-state index in [9.17, 15) is 17.6 Å². The highest BCUT2D eigenvalue weighted by atomic mass is 35.5. The lowest BCUT2D eigenvalue weighted by Gasteiger charge is -2.14. The average Bonchev–Trinajstić information content (AvgIpc) is 3.19. The number of hydrogen-bond donors (Lipinski definition) is 1. The number of rotatable bonds is 5. The highest BCUT2D eigenvalue weighted by molar-refractivity contribution is 7.89. The summed E-state index contributed by atoms with van der Waals surface area (Å²) >= 11 is 7.25. The van der Waals surface area contributed by atoms with Crippen molar-refractivity contribution in [2.75, 3.05) is 19.4 Å². The van der Waals surface area contributed by atoms with Crippen molar-refractivity contribution in [3.8, 4) is 11.3 Å². The number of hydrogen-bond acceptors (Lipinski definition) is 6. The van der Waals surface area contributed by atoms with Crippen LogP contribution in [0.5, 0.6) is 0 Å². The fourth-order valence-electron chi connectivity index (χ4n) is 2.90. The fraction of sp³-hybridized carbons (Fsp3) is 0.0952. The number of sulfonamides is 1. The Labute approximate surface area is 192 Å². The van der Waals surface area contributed by atoms with E-state index in [0.29, 0.717) is 26.7 Å². The van der Waals surface area contributed by atoms with Gasteiger partial charge in [-0.1, -0.05) is 11.6 Å². The van der Waals surface area contributed by atoms with Crippen molar-refractivity contribution in [1.29, 1.82) is 0 Å². The summed E-state index contributed by atoms with van der Waals surface area (Å²) in [5, 5.41) is 3.49. The molecule has 11 heteroatoms. The third-order valence-electron chi connectivity index (χ3n) is 4.57. The summed E-state index contributed by atoms with van der Waals surface area (Å²) in [5.41, 5.74) is 1.55. The largest absolute Gasteiger partial charge is 0.321 e. The number of anilines is 1. The molecule has 164 valence electrons. The number of aromatic nitrogens is 2. The van der Waals surface area contributed by atoms with Crippen LogP contribution in [0.15, 0.2) is 59.8 Å². The molecule has 7 nitrogen and oxygen atoms in total. The van der Waals surface area contributed by atoms with Gasteiger partial charge in [0.2, 0.25) is 10.0 Å². The van der Waals surface area contributed by atoms with Gasteiger partial charge >= 0.3 is 0 Å². The van der Waals surface area contributed by atoms with Crippen LogP contribution in [0.25, 0.3) is 21.5 Å². The van der Waals surface area contributed by atoms with Crippen molar-refractivity contribution in [2.24, 2.45) is 0 Å². The third-order valence-corrected chi connectivity index (χ3v) is 7.92. The lowest BCUT2D eigenvalue weighted by Crippen LogP contribution is -2.22. The molecule has 0 atom stereocenters. The predicted molar refractivity (Wildman–Crippen MR) is 123 cm³/mol. The minimum absolute atomic E-state index is 0.0599. The summed E-state index contributed by atoms with van der Waals surface area (Å²) in [6.07, 6.45) is 2.74. The summed E-state index contributed by atoms with van der Waals surface area (Å²) in [4.78, 5) is 22.1. The summed E-state index contributed by atoms with van der Waals surface area (Å²) in [7, 11) is -0.972. The number of halogens is 2. The number of fused-ring (bicyclic) bond motifs is 1. The molecule has 0 aliphatic carbocycles. The van der Waals surface area contributed by atoms with E-state index in [1.54, 1.807) is 18.3 Å². The summed E-state index contributed by atoms with van der Waals surface area (Å²) in [6, 6.07) is 10.6. The molecule has 1 aromatic carbocycles. The Morgan fingerprint density at radius 3 is 2.56 bits per heavy atom. The van der Waals surface area contributed by atoms with Gasteiger partial charge in [-0.05, 0) is 42.5 Å². The standard InChI is InChI=1S/C21H16ClFN4O3S2/c1-27(2)32(29,30)19-9-15(4-5-16(19)22)26-20(28)18-8-12-7-13(10-25-21(12)31-18)17-6-3-14(23)11-24-17/h3-11H,1-2H3,(H,26,28). The zero-order chi connectivity index (χ0) is 23.0. The van der Waals surface area contributed by atoms with Crippen LogP contribution in [0.1, 0.15) is 9.67 Å². The van der Waals surface area contributed by atoms with Crippen molar-refractivity contribution >= 4 is 54.8 Å². The number of amides is 1. The zero-order valence-electron chi connectivity index (χ0n) is 16.8. The van der Waals surface area contributed by atoms with E-state index in [2.05, 4.69) is 15.3 Å². The van der Waals surface area contributed by atoms with E-state index in [1.807, 2.05) is 6.07 Å². The molecule has 0 spiro atoms. The van der Waals surface area contributed by atoms with Gasteiger partial charge in [0, 0.05) is 36.9 Å². The van der Waals surface area contributed by atoms with E-state index in [4.69, 9.17) is 11.6 Å². The number of carbonyl (C=O) groups excluding carboxylic acids is 1. The smallest absolute Gasteiger partial charge is 0.265 e. The Hall–Kier alpha value is -2.92. The van der Waals surface area contributed by atoms with Crippen LogP contribution >= 0.6 is 22.9 Å². The highest BCUT2D eigenvalue weighted by Crippen LogP contribution is 2.30. The highest BCUT2D eigenvalue weighted by Gasteiger charge is 2.22. The first-order valence-corrected chi connectivity index (χ1v) is 11.8. The number of pyridine rings is 2. The SMILES string of the molecule is CN(C)S(=O)(=O)c1cc(NC(=O)c2cc3cc(-c4ccc(F)cn4)cnc3s2)ccc1Cl. The monoisotopic (exact) mass is 490 g/mol. The summed E-state index contributed by atoms with van der Waals surface area (Å²) < 4.78 is 39.0. The van der Waals surface area contributed by atoms with Crippen LogP contribution in [-0.2, 0) is 10.0 Å². The Kier molecular flexibility index (Phi) is 5.95. The Balaban J connectivity index is 1.61. The molecule has 1 N–H and O–H groups in total. The van der Waals surface area contributed by atoms with Gasteiger partial charge in [-0.3, -0.25) is 9.78 Å². The third kappa shape index (κ3) is 4.35. The molecule has 0 saturated carbocycles. The van der Waals surface area contributed by atoms with Crippen molar-refractivity contribution < 1.29 is 17.6 Å². The minimum Gasteiger partial charge on any atom is -0.321 e. The number of carbonyl (C=O) groups is 1. The predicted octanol–water partition coefficient (Wildman–Crippen LogP) is 4.65. The second-order valence-electron chi connectivity index (χ2n) is 6.98. The van der Waals surface area contributed by atoms with Crippen LogP contribution < -0.4 is 5.32 Å². The second-order valence-corrected chi connectivity index (χ2v) is 10.5. The Morgan fingerprint density at radius 1 is 1.09 bits per heavy atom. The first kappa shape index (κ1) is 22.3. The van der Waals surface area contributed by atoms with Gasteiger partial charge in [0.25, 0.3) is 5.91 Å². The van der Waals surface area contributed by atoms with Gasteiger partial charge in [-0.15, -0.1) is 11.3 Å². The molecule has 0 radical (unpaired) electrons. The summed E-state index contributed by atoms with van der Waals surface area (Å²) in [5.74, 6) is -0.842.